The van der Waals surface area contributed by atoms with Crippen LogP contribution in [0, 0.1) is 41.5 Å². The second kappa shape index (κ2) is 21.6. The van der Waals surface area contributed by atoms with Gasteiger partial charge in [0.25, 0.3) is 0 Å². The van der Waals surface area contributed by atoms with E-state index in [1.165, 1.54) is 16.0 Å². The predicted molar refractivity (Wildman–Crippen MR) is 201 cm³/mol. The molecule has 2 heterocycles. The standard InChI is InChI=1S/C22H31N3O3S.C15H21N3OS/c1-16-10-11-19(22-17(2)25-28-18(22)3)15-20(16)29-24-13-12-23-21(27)9-7-5-4-6-8-14-26;1-10-5-6-13(15-11(2)18-19-12(15)3)9-14(10)20-17-8-7-16-4/h10-11,14-15,24H,4-9,12-13H2,1-3H3,(H,23,27);5-6,9,16-17H,7-8H2,1-4H3. The molecule has 0 fully saturated rings. The molecule has 10 nitrogen and oxygen atoms in total. The van der Waals surface area contributed by atoms with E-state index in [2.05, 4.69) is 80.6 Å². The Balaban J connectivity index is 0.000000284. The van der Waals surface area contributed by atoms with Gasteiger partial charge in [-0.3, -0.25) is 14.2 Å². The summed E-state index contributed by atoms with van der Waals surface area (Å²) in [5, 5.41) is 14.1. The van der Waals surface area contributed by atoms with Gasteiger partial charge in [0.15, 0.2) is 0 Å². The Morgan fingerprint density at radius 2 is 1.22 bits per heavy atom. The summed E-state index contributed by atoms with van der Waals surface area (Å²) < 4.78 is 17.2. The van der Waals surface area contributed by atoms with Crippen molar-refractivity contribution in [1.82, 2.24) is 30.4 Å². The summed E-state index contributed by atoms with van der Waals surface area (Å²) in [5.41, 5.74) is 8.68. The fourth-order valence-electron chi connectivity index (χ4n) is 5.16. The number of hydrogen-bond donors (Lipinski definition) is 4. The van der Waals surface area contributed by atoms with Crippen molar-refractivity contribution in [2.45, 2.75) is 89.9 Å². The number of amides is 1. The van der Waals surface area contributed by atoms with Crippen molar-refractivity contribution in [3.63, 3.8) is 0 Å². The van der Waals surface area contributed by atoms with E-state index in [1.807, 2.05) is 34.7 Å². The van der Waals surface area contributed by atoms with E-state index in [9.17, 15) is 9.59 Å². The third-order valence-corrected chi connectivity index (χ3v) is 9.90. The maximum absolute atomic E-state index is 11.8. The molecule has 12 heteroatoms. The second-order valence-electron chi connectivity index (χ2n) is 11.9. The lowest BCUT2D eigenvalue weighted by molar-refractivity contribution is -0.121. The fourth-order valence-corrected chi connectivity index (χ4v) is 6.71. The van der Waals surface area contributed by atoms with Gasteiger partial charge in [0.1, 0.15) is 17.8 Å². The minimum atomic E-state index is 0.0868. The minimum absolute atomic E-state index is 0.0868. The minimum Gasteiger partial charge on any atom is -0.361 e. The number of hydrogen-bond acceptors (Lipinski definition) is 11. The molecule has 0 aliphatic carbocycles. The van der Waals surface area contributed by atoms with Crippen LogP contribution in [0.15, 0.2) is 55.2 Å². The van der Waals surface area contributed by atoms with Gasteiger partial charge in [0.2, 0.25) is 5.91 Å². The zero-order chi connectivity index (χ0) is 35.6. The summed E-state index contributed by atoms with van der Waals surface area (Å²) in [5.74, 6) is 1.77. The number of aldehydes is 1. The number of nitrogens with one attached hydrogen (secondary N) is 4. The highest BCUT2D eigenvalue weighted by Crippen LogP contribution is 2.32. The van der Waals surface area contributed by atoms with Gasteiger partial charge < -0.3 is 24.5 Å². The number of aryl methyl sites for hydroxylation is 6. The van der Waals surface area contributed by atoms with Crippen LogP contribution in [0.25, 0.3) is 22.3 Å². The summed E-state index contributed by atoms with van der Waals surface area (Å²) >= 11 is 3.24. The van der Waals surface area contributed by atoms with Crippen LogP contribution >= 0.6 is 23.9 Å². The summed E-state index contributed by atoms with van der Waals surface area (Å²) in [7, 11) is 1.95. The molecule has 0 spiro atoms. The number of unbranched alkanes of at least 4 members (excludes halogenated alkanes) is 4. The molecule has 4 aromatic rings. The first-order valence-electron chi connectivity index (χ1n) is 16.9. The number of carbonyl (C=O) groups excluding carboxylic acids is 2. The first-order valence-corrected chi connectivity index (χ1v) is 18.5. The summed E-state index contributed by atoms with van der Waals surface area (Å²) in [6.07, 6.45) is 5.92. The monoisotopic (exact) mass is 708 g/mol. The van der Waals surface area contributed by atoms with Crippen LogP contribution in [0.2, 0.25) is 0 Å². The van der Waals surface area contributed by atoms with E-state index in [0.29, 0.717) is 25.9 Å². The van der Waals surface area contributed by atoms with E-state index in [0.717, 1.165) is 95.1 Å². The van der Waals surface area contributed by atoms with E-state index in [1.54, 1.807) is 23.9 Å². The van der Waals surface area contributed by atoms with Crippen LogP contribution < -0.4 is 20.1 Å². The number of likely N-dealkylation sites (N-methyl/N-ethyl adjacent to an activating group) is 1. The molecule has 0 bridgehead atoms. The number of benzene rings is 2. The Labute approximate surface area is 300 Å². The Hall–Kier alpha value is -3.42. The number of rotatable bonds is 19. The molecular weight excluding hydrogens is 657 g/mol. The smallest absolute Gasteiger partial charge is 0.220 e. The second-order valence-corrected chi connectivity index (χ2v) is 13.8. The predicted octanol–water partition coefficient (Wildman–Crippen LogP) is 7.60. The summed E-state index contributed by atoms with van der Waals surface area (Å²) in [6.45, 7) is 15.2. The van der Waals surface area contributed by atoms with Crippen molar-refractivity contribution < 1.29 is 18.6 Å². The Morgan fingerprint density at radius 1 is 0.714 bits per heavy atom. The maximum atomic E-state index is 11.8. The van der Waals surface area contributed by atoms with Crippen molar-refractivity contribution in [1.29, 1.82) is 0 Å². The Kier molecular flexibility index (Phi) is 17.7. The van der Waals surface area contributed by atoms with Gasteiger partial charge in [-0.25, -0.2) is 0 Å². The summed E-state index contributed by atoms with van der Waals surface area (Å²) in [4.78, 5) is 24.5. The lowest BCUT2D eigenvalue weighted by atomic mass is 10.0. The van der Waals surface area contributed by atoms with Gasteiger partial charge in [0, 0.05) is 59.9 Å². The Bertz CT molecular complexity index is 1580. The molecule has 266 valence electrons. The SMILES string of the molecule is CNCCNSc1cc(-c2c(C)noc2C)ccc1C.Cc1ccc(-c2c(C)noc2C)cc1SNCCNC(=O)CCCCCCC=O. The van der Waals surface area contributed by atoms with Gasteiger partial charge in [-0.1, -0.05) is 47.4 Å². The number of carbonyl (C=O) groups is 2. The number of aromatic nitrogens is 2. The molecule has 0 saturated carbocycles. The molecule has 0 saturated heterocycles. The molecule has 49 heavy (non-hydrogen) atoms. The lowest BCUT2D eigenvalue weighted by Gasteiger charge is -2.10. The molecule has 2 aromatic carbocycles. The average Bonchev–Trinajstić information content (AvgIpc) is 3.61. The average molecular weight is 709 g/mol. The summed E-state index contributed by atoms with van der Waals surface area (Å²) in [6, 6.07) is 12.8. The van der Waals surface area contributed by atoms with Gasteiger partial charge >= 0.3 is 0 Å². The maximum Gasteiger partial charge on any atom is 0.220 e. The van der Waals surface area contributed by atoms with Crippen LogP contribution in [-0.4, -0.2) is 55.7 Å². The Morgan fingerprint density at radius 3 is 1.69 bits per heavy atom. The lowest BCUT2D eigenvalue weighted by Crippen LogP contribution is -2.29. The normalized spacial score (nSPS) is 10.9. The van der Waals surface area contributed by atoms with Gasteiger partial charge in [-0.05, 0) is 120 Å². The molecule has 0 atom stereocenters. The molecule has 0 aliphatic heterocycles. The van der Waals surface area contributed by atoms with E-state index < -0.39 is 0 Å². The van der Waals surface area contributed by atoms with E-state index in [4.69, 9.17) is 9.05 Å². The zero-order valence-electron chi connectivity index (χ0n) is 30.0. The molecule has 4 rings (SSSR count). The van der Waals surface area contributed by atoms with Crippen LogP contribution in [0.1, 0.15) is 72.6 Å². The van der Waals surface area contributed by atoms with Crippen molar-refractivity contribution in [2.24, 2.45) is 0 Å². The van der Waals surface area contributed by atoms with Crippen molar-refractivity contribution in [2.75, 3.05) is 33.2 Å². The first kappa shape index (κ1) is 40.0. The van der Waals surface area contributed by atoms with Crippen LogP contribution in [-0.2, 0) is 9.59 Å². The largest absolute Gasteiger partial charge is 0.361 e. The van der Waals surface area contributed by atoms with Gasteiger partial charge in [0.05, 0.1) is 11.4 Å². The highest BCUT2D eigenvalue weighted by Gasteiger charge is 2.14. The molecule has 0 unspecified atom stereocenters. The first-order chi connectivity index (χ1) is 23.7. The van der Waals surface area contributed by atoms with Gasteiger partial charge in [-0.15, -0.1) is 0 Å². The highest BCUT2D eigenvalue weighted by atomic mass is 32.2. The number of nitrogens with zero attached hydrogens (tertiary/aromatic N) is 2. The van der Waals surface area contributed by atoms with E-state index in [-0.39, 0.29) is 5.91 Å². The van der Waals surface area contributed by atoms with Crippen molar-refractivity contribution in [3.8, 4) is 22.3 Å². The molecule has 0 aliphatic rings. The van der Waals surface area contributed by atoms with Crippen LogP contribution in [0.4, 0.5) is 0 Å². The van der Waals surface area contributed by atoms with Crippen LogP contribution in [0.3, 0.4) is 0 Å². The topological polar surface area (TPSA) is 134 Å². The third-order valence-electron chi connectivity index (χ3n) is 7.89. The van der Waals surface area contributed by atoms with Crippen molar-refractivity contribution >= 4 is 36.1 Å². The highest BCUT2D eigenvalue weighted by molar-refractivity contribution is 7.97. The molecule has 0 radical (unpaired) electrons. The third kappa shape index (κ3) is 13.1. The van der Waals surface area contributed by atoms with Crippen LogP contribution in [0.5, 0.6) is 0 Å². The van der Waals surface area contributed by atoms with Crippen molar-refractivity contribution in [3.05, 3.63) is 70.4 Å². The van der Waals surface area contributed by atoms with Gasteiger partial charge in [-0.2, -0.15) is 0 Å². The molecule has 1 amide bonds. The van der Waals surface area contributed by atoms with E-state index >= 15 is 0 Å². The molecular formula is C37H52N6O4S2. The molecule has 2 aromatic heterocycles. The molecule has 4 N–H and O–H groups in total. The zero-order valence-corrected chi connectivity index (χ0v) is 31.6. The fraction of sp³-hybridized carbons (Fsp3) is 0.459. The quantitative estimate of drug-likeness (QED) is 0.0436.